The second kappa shape index (κ2) is 8.49. The molecule has 0 unspecified atom stereocenters. The minimum absolute atomic E-state index is 0.118. The molecule has 0 atom stereocenters. The first-order valence-electron chi connectivity index (χ1n) is 8.37. The first-order valence-corrected chi connectivity index (χ1v) is 11.4. The molecule has 29 heavy (non-hydrogen) atoms. The summed E-state index contributed by atoms with van der Waals surface area (Å²) in [6, 6.07) is 17.1. The second-order valence-electron chi connectivity index (χ2n) is 6.25. The number of sulfone groups is 1. The molecule has 8 heteroatoms. The number of hydrogen-bond acceptors (Lipinski definition) is 4. The number of benzene rings is 3. The zero-order valence-corrected chi connectivity index (χ0v) is 18.3. The lowest BCUT2D eigenvalue weighted by Crippen LogP contribution is -2.15. The molecule has 3 aromatic rings. The van der Waals surface area contributed by atoms with E-state index in [-0.39, 0.29) is 21.8 Å². The highest BCUT2D eigenvalue weighted by atomic mass is 79.9. The van der Waals surface area contributed by atoms with Crippen molar-refractivity contribution in [3.63, 3.8) is 0 Å². The molecule has 1 amide bonds. The van der Waals surface area contributed by atoms with Crippen LogP contribution in [0.2, 0.25) is 5.02 Å². The first kappa shape index (κ1) is 21.2. The van der Waals surface area contributed by atoms with E-state index in [0.717, 1.165) is 6.26 Å². The van der Waals surface area contributed by atoms with E-state index in [0.29, 0.717) is 20.7 Å². The molecule has 0 bridgehead atoms. The van der Waals surface area contributed by atoms with Gasteiger partial charge in [0.15, 0.2) is 15.6 Å². The van der Waals surface area contributed by atoms with Crippen LogP contribution in [-0.2, 0) is 9.84 Å². The lowest BCUT2D eigenvalue weighted by molar-refractivity contribution is 0.102. The van der Waals surface area contributed by atoms with E-state index in [2.05, 4.69) is 21.2 Å². The summed E-state index contributed by atoms with van der Waals surface area (Å²) in [5, 5.41) is 3.02. The molecule has 0 aliphatic heterocycles. The van der Waals surface area contributed by atoms with E-state index in [1.807, 2.05) is 0 Å². The van der Waals surface area contributed by atoms with Crippen LogP contribution in [0, 0.1) is 0 Å². The number of halogens is 2. The molecule has 5 nitrogen and oxygen atoms in total. The fourth-order valence-corrected chi connectivity index (χ4v) is 3.86. The van der Waals surface area contributed by atoms with E-state index in [1.165, 1.54) is 24.3 Å². The average Bonchev–Trinajstić information content (AvgIpc) is 2.68. The Morgan fingerprint density at radius 1 is 0.931 bits per heavy atom. The van der Waals surface area contributed by atoms with Crippen molar-refractivity contribution in [1.29, 1.82) is 0 Å². The van der Waals surface area contributed by atoms with E-state index in [1.54, 1.807) is 42.5 Å². The van der Waals surface area contributed by atoms with Gasteiger partial charge in [-0.25, -0.2) is 8.42 Å². The van der Waals surface area contributed by atoms with Crippen molar-refractivity contribution in [2.45, 2.75) is 4.90 Å². The summed E-state index contributed by atoms with van der Waals surface area (Å²) in [4.78, 5) is 25.7. The lowest BCUT2D eigenvalue weighted by Gasteiger charge is -2.12. The molecular formula is C21H15BrClNO4S. The van der Waals surface area contributed by atoms with Gasteiger partial charge in [0.05, 0.1) is 15.6 Å². The van der Waals surface area contributed by atoms with E-state index < -0.39 is 15.7 Å². The standard InChI is InChI=1S/C21H15BrClNO4S/c1-29(27,28)15-9-6-13(7-10-15)21(26)24-19-11-8-14(22)12-17(19)20(25)16-4-2-3-5-18(16)23/h2-12H,1H3,(H,24,26). The van der Waals surface area contributed by atoms with Gasteiger partial charge >= 0.3 is 0 Å². The van der Waals surface area contributed by atoms with Gasteiger partial charge in [-0.2, -0.15) is 0 Å². The topological polar surface area (TPSA) is 80.3 Å². The highest BCUT2D eigenvalue weighted by molar-refractivity contribution is 9.10. The van der Waals surface area contributed by atoms with E-state index in [4.69, 9.17) is 11.6 Å². The van der Waals surface area contributed by atoms with Crippen LogP contribution in [0.4, 0.5) is 5.69 Å². The van der Waals surface area contributed by atoms with Gasteiger partial charge in [0.2, 0.25) is 0 Å². The summed E-state index contributed by atoms with van der Waals surface area (Å²) in [5.74, 6) is -0.805. The molecule has 148 valence electrons. The molecule has 3 rings (SSSR count). The van der Waals surface area contributed by atoms with Crippen molar-refractivity contribution < 1.29 is 18.0 Å². The Bertz CT molecular complexity index is 1210. The van der Waals surface area contributed by atoms with Crippen molar-refractivity contribution in [3.8, 4) is 0 Å². The van der Waals surface area contributed by atoms with Crippen LogP contribution in [0.25, 0.3) is 0 Å². The normalized spacial score (nSPS) is 11.1. The third-order valence-corrected chi connectivity index (χ3v) is 6.09. The summed E-state index contributed by atoms with van der Waals surface area (Å²) in [5.41, 5.74) is 1.17. The zero-order valence-electron chi connectivity index (χ0n) is 15.1. The number of amides is 1. The molecule has 0 aliphatic carbocycles. The zero-order chi connectivity index (χ0) is 21.2. The van der Waals surface area contributed by atoms with Gasteiger partial charge in [0, 0.05) is 27.4 Å². The molecule has 0 spiro atoms. The highest BCUT2D eigenvalue weighted by Gasteiger charge is 2.19. The molecule has 1 N–H and O–H groups in total. The maximum absolute atomic E-state index is 13.0. The molecule has 0 fully saturated rings. The molecule has 0 radical (unpaired) electrons. The predicted molar refractivity (Wildman–Crippen MR) is 117 cm³/mol. The van der Waals surface area contributed by atoms with E-state index >= 15 is 0 Å². The Kier molecular flexibility index (Phi) is 6.21. The molecule has 0 aromatic heterocycles. The van der Waals surface area contributed by atoms with Gasteiger partial charge in [0.25, 0.3) is 5.91 Å². The van der Waals surface area contributed by atoms with Gasteiger partial charge in [-0.3, -0.25) is 9.59 Å². The number of ketones is 1. The number of carbonyl (C=O) groups is 2. The van der Waals surface area contributed by atoms with Gasteiger partial charge in [-0.05, 0) is 54.6 Å². The van der Waals surface area contributed by atoms with Crippen LogP contribution >= 0.6 is 27.5 Å². The quantitative estimate of drug-likeness (QED) is 0.509. The van der Waals surface area contributed by atoms with E-state index in [9.17, 15) is 18.0 Å². The van der Waals surface area contributed by atoms with Gasteiger partial charge in [0.1, 0.15) is 0 Å². The predicted octanol–water partition coefficient (Wildman–Crippen LogP) is 4.99. The van der Waals surface area contributed by atoms with Crippen LogP contribution in [0.3, 0.4) is 0 Å². The summed E-state index contributed by atoms with van der Waals surface area (Å²) < 4.78 is 23.8. The molecule has 3 aromatic carbocycles. The molecule has 0 saturated carbocycles. The Balaban J connectivity index is 1.93. The molecule has 0 heterocycles. The second-order valence-corrected chi connectivity index (χ2v) is 9.59. The van der Waals surface area contributed by atoms with Crippen molar-refractivity contribution >= 4 is 54.7 Å². The molecule has 0 aliphatic rings. The van der Waals surface area contributed by atoms with Gasteiger partial charge in [-0.15, -0.1) is 0 Å². The van der Waals surface area contributed by atoms with Crippen LogP contribution in [0.1, 0.15) is 26.3 Å². The Morgan fingerprint density at radius 3 is 2.21 bits per heavy atom. The largest absolute Gasteiger partial charge is 0.321 e. The Labute approximate surface area is 181 Å². The SMILES string of the molecule is CS(=O)(=O)c1ccc(C(=O)Nc2ccc(Br)cc2C(=O)c2ccccc2Cl)cc1. The summed E-state index contributed by atoms with van der Waals surface area (Å²) in [7, 11) is -3.36. The molecule has 0 saturated heterocycles. The van der Waals surface area contributed by atoms with Gasteiger partial charge < -0.3 is 5.32 Å². The van der Waals surface area contributed by atoms with Crippen LogP contribution in [0.15, 0.2) is 76.1 Å². The van der Waals surface area contributed by atoms with Crippen molar-refractivity contribution in [2.24, 2.45) is 0 Å². The summed E-state index contributed by atoms with van der Waals surface area (Å²) in [6.45, 7) is 0. The fourth-order valence-electron chi connectivity index (χ4n) is 2.65. The third-order valence-electron chi connectivity index (χ3n) is 4.14. The summed E-state index contributed by atoms with van der Waals surface area (Å²) >= 11 is 9.48. The first-order chi connectivity index (χ1) is 13.7. The van der Waals surface area contributed by atoms with Crippen LogP contribution in [0.5, 0.6) is 0 Å². The fraction of sp³-hybridized carbons (Fsp3) is 0.0476. The van der Waals surface area contributed by atoms with Gasteiger partial charge in [-0.1, -0.05) is 39.7 Å². The van der Waals surface area contributed by atoms with Crippen LogP contribution in [-0.4, -0.2) is 26.4 Å². The average molecular weight is 493 g/mol. The molecular weight excluding hydrogens is 478 g/mol. The van der Waals surface area contributed by atoms with Crippen molar-refractivity contribution in [3.05, 3.63) is 92.9 Å². The smallest absolute Gasteiger partial charge is 0.255 e. The number of hydrogen-bond donors (Lipinski definition) is 1. The lowest BCUT2D eigenvalue weighted by atomic mass is 10.0. The van der Waals surface area contributed by atoms with Crippen molar-refractivity contribution in [1.82, 2.24) is 0 Å². The number of anilines is 1. The summed E-state index contributed by atoms with van der Waals surface area (Å²) in [6.07, 6.45) is 1.09. The monoisotopic (exact) mass is 491 g/mol. The number of rotatable bonds is 5. The minimum Gasteiger partial charge on any atom is -0.321 e. The maximum atomic E-state index is 13.0. The number of nitrogens with one attached hydrogen (secondary N) is 1. The maximum Gasteiger partial charge on any atom is 0.255 e. The Morgan fingerprint density at radius 2 is 1.59 bits per heavy atom. The minimum atomic E-state index is -3.36. The third kappa shape index (κ3) is 4.93. The van der Waals surface area contributed by atoms with Crippen LogP contribution < -0.4 is 5.32 Å². The highest BCUT2D eigenvalue weighted by Crippen LogP contribution is 2.27. The number of carbonyl (C=O) groups excluding carboxylic acids is 2. The van der Waals surface area contributed by atoms with Crippen molar-refractivity contribution in [2.75, 3.05) is 11.6 Å². The Hall–Kier alpha value is -2.48.